The highest BCUT2D eigenvalue weighted by Gasteiger charge is 2.43. The molecule has 112 valence electrons. The predicted octanol–water partition coefficient (Wildman–Crippen LogP) is 5.84. The zero-order chi connectivity index (χ0) is 15.7. The molecule has 2 aromatic rings. The number of alkyl halides is 6. The van der Waals surface area contributed by atoms with Crippen molar-refractivity contribution in [3.63, 3.8) is 0 Å². The molecule has 0 bridgehead atoms. The first-order valence-electron chi connectivity index (χ1n) is 6.00. The van der Waals surface area contributed by atoms with Crippen molar-refractivity contribution in [3.8, 4) is 22.3 Å². The van der Waals surface area contributed by atoms with E-state index in [1.54, 1.807) is 0 Å². The van der Waals surface area contributed by atoms with E-state index in [4.69, 9.17) is 0 Å². The van der Waals surface area contributed by atoms with Crippen LogP contribution >= 0.6 is 0 Å². The summed E-state index contributed by atoms with van der Waals surface area (Å²) in [5.74, 6) is 0. The lowest BCUT2D eigenvalue weighted by molar-refractivity contribution is -0.232. The Morgan fingerprint density at radius 3 is 0.905 bits per heavy atom. The molecule has 3 rings (SSSR count). The molecule has 0 unspecified atom stereocenters. The van der Waals surface area contributed by atoms with Gasteiger partial charge in [0.2, 0.25) is 0 Å². The van der Waals surface area contributed by atoms with Crippen LogP contribution in [0, 0.1) is 0 Å². The number of halogens is 6. The fourth-order valence-corrected chi connectivity index (χ4v) is 2.07. The van der Waals surface area contributed by atoms with Crippen molar-refractivity contribution < 1.29 is 26.3 Å². The third-order valence-electron chi connectivity index (χ3n) is 2.84. The molecule has 0 atom stereocenters. The van der Waals surface area contributed by atoms with E-state index in [0.29, 0.717) is 0 Å². The van der Waals surface area contributed by atoms with E-state index in [2.05, 4.69) is 48.5 Å². The number of benzene rings is 2. The van der Waals surface area contributed by atoms with Crippen molar-refractivity contribution in [3.05, 3.63) is 48.5 Å². The Labute approximate surface area is 117 Å². The van der Waals surface area contributed by atoms with Crippen molar-refractivity contribution in [2.24, 2.45) is 0 Å². The van der Waals surface area contributed by atoms with Gasteiger partial charge in [-0.05, 0) is 22.3 Å². The molecule has 0 heterocycles. The van der Waals surface area contributed by atoms with Gasteiger partial charge in [-0.15, -0.1) is 0 Å². The van der Waals surface area contributed by atoms with E-state index in [-0.39, 0.29) is 0 Å². The van der Waals surface area contributed by atoms with Crippen LogP contribution in [0.2, 0.25) is 0 Å². The smallest absolute Gasteiger partial charge is 0.171 e. The maximum absolute atomic E-state index is 10.8. The Hall–Kier alpha value is -1.98. The maximum atomic E-state index is 10.8. The van der Waals surface area contributed by atoms with E-state index in [1.165, 1.54) is 22.3 Å². The monoisotopic (exact) mass is 304 g/mol. The molecule has 0 radical (unpaired) electrons. The van der Waals surface area contributed by atoms with Crippen LogP contribution in [0.1, 0.15) is 6.42 Å². The third-order valence-corrected chi connectivity index (χ3v) is 2.84. The summed E-state index contributed by atoms with van der Waals surface area (Å²) in [5.41, 5.74) is 5.59. The van der Waals surface area contributed by atoms with E-state index < -0.39 is 18.8 Å². The third kappa shape index (κ3) is 4.00. The van der Waals surface area contributed by atoms with E-state index in [1.807, 2.05) is 0 Å². The second-order valence-electron chi connectivity index (χ2n) is 4.50. The van der Waals surface area contributed by atoms with Gasteiger partial charge in [0.15, 0.2) is 0 Å². The predicted molar refractivity (Wildman–Crippen MR) is 67.6 cm³/mol. The van der Waals surface area contributed by atoms with E-state index in [0.717, 1.165) is 0 Å². The summed E-state index contributed by atoms with van der Waals surface area (Å²) in [7, 11) is 0. The molecule has 0 fully saturated rings. The molecule has 0 spiro atoms. The largest absolute Gasteiger partial charge is 0.397 e. The van der Waals surface area contributed by atoms with Crippen molar-refractivity contribution in [2.45, 2.75) is 18.8 Å². The van der Waals surface area contributed by atoms with Crippen LogP contribution in [-0.2, 0) is 0 Å². The molecule has 1 aliphatic carbocycles. The topological polar surface area (TPSA) is 0 Å². The van der Waals surface area contributed by atoms with Crippen molar-refractivity contribution >= 4 is 0 Å². The zero-order valence-corrected chi connectivity index (χ0v) is 10.6. The minimum Gasteiger partial charge on any atom is -0.171 e. The minimum atomic E-state index is -5.14. The SMILES string of the molecule is FC(F)(F)CC(F)(F)F.c1ccc2c(c1)-c1ccccc1-2. The van der Waals surface area contributed by atoms with E-state index in [9.17, 15) is 26.3 Å². The van der Waals surface area contributed by atoms with Crippen LogP contribution in [0.15, 0.2) is 48.5 Å². The standard InChI is InChI=1S/C12H8.C3H2F6/c1-2-6-10-9(5-1)11-7-3-4-8-12(10)11;4-2(5,6)1-3(7,8)9/h1-8H;1H2. The first-order valence-corrected chi connectivity index (χ1v) is 6.00. The number of hydrogen-bond acceptors (Lipinski definition) is 0. The summed E-state index contributed by atoms with van der Waals surface area (Å²) >= 11 is 0. The average Bonchev–Trinajstić information content (AvgIpc) is 2.32. The second-order valence-corrected chi connectivity index (χ2v) is 4.50. The van der Waals surface area contributed by atoms with Crippen LogP contribution in [0.5, 0.6) is 0 Å². The van der Waals surface area contributed by atoms with Gasteiger partial charge in [0.25, 0.3) is 0 Å². The Balaban J connectivity index is 0.000000163. The molecule has 0 aromatic heterocycles. The molecule has 6 heteroatoms. The quantitative estimate of drug-likeness (QED) is 0.458. The molecule has 0 amide bonds. The van der Waals surface area contributed by atoms with Crippen molar-refractivity contribution in [2.75, 3.05) is 0 Å². The van der Waals surface area contributed by atoms with Gasteiger partial charge in [-0.2, -0.15) is 26.3 Å². The van der Waals surface area contributed by atoms with E-state index >= 15 is 0 Å². The maximum Gasteiger partial charge on any atom is 0.397 e. The second kappa shape index (κ2) is 5.42. The first kappa shape index (κ1) is 15.4. The zero-order valence-electron chi connectivity index (χ0n) is 10.6. The Morgan fingerprint density at radius 1 is 0.524 bits per heavy atom. The molecular weight excluding hydrogens is 294 g/mol. The van der Waals surface area contributed by atoms with Crippen LogP contribution in [-0.4, -0.2) is 12.4 Å². The summed E-state index contributed by atoms with van der Waals surface area (Å²) in [6.07, 6.45) is -13.0. The van der Waals surface area contributed by atoms with Crippen LogP contribution in [0.4, 0.5) is 26.3 Å². The fraction of sp³-hybridized carbons (Fsp3) is 0.200. The van der Waals surface area contributed by atoms with Gasteiger partial charge in [0.05, 0.1) is 0 Å². The lowest BCUT2D eigenvalue weighted by Crippen LogP contribution is -2.20. The molecule has 0 saturated heterocycles. The van der Waals surface area contributed by atoms with Crippen LogP contribution in [0.25, 0.3) is 22.3 Å². The number of hydrogen-bond donors (Lipinski definition) is 0. The number of fused-ring (bicyclic) bond motifs is 4. The van der Waals surface area contributed by atoms with Gasteiger partial charge >= 0.3 is 12.4 Å². The Morgan fingerprint density at radius 2 is 0.762 bits per heavy atom. The van der Waals surface area contributed by atoms with Gasteiger partial charge in [0, 0.05) is 0 Å². The first-order chi connectivity index (χ1) is 9.67. The molecule has 0 N–H and O–H groups in total. The summed E-state index contributed by atoms with van der Waals surface area (Å²) in [5, 5.41) is 0. The van der Waals surface area contributed by atoms with Gasteiger partial charge in [-0.3, -0.25) is 0 Å². The van der Waals surface area contributed by atoms with Gasteiger partial charge in [-0.1, -0.05) is 48.5 Å². The summed E-state index contributed by atoms with van der Waals surface area (Å²) in [4.78, 5) is 0. The van der Waals surface area contributed by atoms with Crippen LogP contribution in [0.3, 0.4) is 0 Å². The molecular formula is C15H10F6. The fourth-order valence-electron chi connectivity index (χ4n) is 2.07. The van der Waals surface area contributed by atoms with Crippen molar-refractivity contribution in [1.82, 2.24) is 0 Å². The molecule has 21 heavy (non-hydrogen) atoms. The van der Waals surface area contributed by atoms with Crippen LogP contribution < -0.4 is 0 Å². The highest BCUT2D eigenvalue weighted by atomic mass is 19.4. The average molecular weight is 304 g/mol. The van der Waals surface area contributed by atoms with Gasteiger partial charge in [0.1, 0.15) is 6.42 Å². The Bertz CT molecular complexity index is 512. The summed E-state index contributed by atoms with van der Waals surface area (Å²) < 4.78 is 65.0. The molecule has 2 aromatic carbocycles. The Kier molecular flexibility index (Phi) is 3.98. The summed E-state index contributed by atoms with van der Waals surface area (Å²) in [6, 6.07) is 17.1. The van der Waals surface area contributed by atoms with Crippen molar-refractivity contribution in [1.29, 1.82) is 0 Å². The van der Waals surface area contributed by atoms with Gasteiger partial charge in [-0.25, -0.2) is 0 Å². The lowest BCUT2D eigenvalue weighted by atomic mass is 9.81. The molecule has 0 saturated carbocycles. The molecule has 0 nitrogen and oxygen atoms in total. The highest BCUT2D eigenvalue weighted by Crippen LogP contribution is 2.46. The normalized spacial score (nSPS) is 12.5. The van der Waals surface area contributed by atoms with Gasteiger partial charge < -0.3 is 0 Å². The number of rotatable bonds is 0. The lowest BCUT2D eigenvalue weighted by Gasteiger charge is -2.22. The minimum absolute atomic E-state index is 1.40. The summed E-state index contributed by atoms with van der Waals surface area (Å²) in [6.45, 7) is 0. The highest BCUT2D eigenvalue weighted by molar-refractivity contribution is 6.02. The molecule has 1 aliphatic rings. The molecule has 0 aliphatic heterocycles.